The predicted molar refractivity (Wildman–Crippen MR) is 104 cm³/mol. The molecular formula is C18H17N3O4S2. The standard InChI is InChI=1S/C18H17N3O4S2/c1-27(24,25)14-8-3-2-6-12(14)20-15(22)9-21-10-19-17-16(18(21)23)11-5-4-7-13(11)26-17/h2-3,6,8,10H,4-5,7,9H2,1H3,(H,20,22). The first-order chi connectivity index (χ1) is 12.8. The van der Waals surface area contributed by atoms with Crippen LogP contribution in [0.15, 0.2) is 40.3 Å². The van der Waals surface area contributed by atoms with Crippen LogP contribution >= 0.6 is 11.3 Å². The van der Waals surface area contributed by atoms with Crippen LogP contribution in [0.5, 0.6) is 0 Å². The van der Waals surface area contributed by atoms with Gasteiger partial charge < -0.3 is 5.32 Å². The number of aryl methyl sites for hydroxylation is 2. The number of carbonyl (C=O) groups is 1. The summed E-state index contributed by atoms with van der Waals surface area (Å²) in [5.74, 6) is -0.485. The van der Waals surface area contributed by atoms with E-state index in [1.165, 1.54) is 27.9 Å². The molecule has 2 aromatic heterocycles. The Labute approximate surface area is 159 Å². The summed E-state index contributed by atoms with van der Waals surface area (Å²) in [7, 11) is -3.48. The summed E-state index contributed by atoms with van der Waals surface area (Å²) in [5, 5.41) is 3.19. The zero-order valence-electron chi connectivity index (χ0n) is 14.6. The van der Waals surface area contributed by atoms with Crippen molar-refractivity contribution in [1.82, 2.24) is 9.55 Å². The van der Waals surface area contributed by atoms with E-state index >= 15 is 0 Å². The quantitative estimate of drug-likeness (QED) is 0.718. The highest BCUT2D eigenvalue weighted by molar-refractivity contribution is 7.90. The Morgan fingerprint density at radius 1 is 1.30 bits per heavy atom. The van der Waals surface area contributed by atoms with E-state index in [-0.39, 0.29) is 22.7 Å². The van der Waals surface area contributed by atoms with E-state index < -0.39 is 15.7 Å². The zero-order valence-corrected chi connectivity index (χ0v) is 16.2. The molecule has 0 atom stereocenters. The van der Waals surface area contributed by atoms with Crippen molar-refractivity contribution in [3.05, 3.63) is 51.4 Å². The number of benzene rings is 1. The Hall–Kier alpha value is -2.52. The summed E-state index contributed by atoms with van der Waals surface area (Å²) in [6.45, 7) is -0.232. The van der Waals surface area contributed by atoms with Crippen LogP contribution in [0, 0.1) is 0 Å². The molecule has 0 unspecified atom stereocenters. The van der Waals surface area contributed by atoms with Crippen LogP contribution in [-0.4, -0.2) is 30.1 Å². The molecule has 1 aliphatic carbocycles. The number of rotatable bonds is 4. The second kappa shape index (κ2) is 6.58. The average Bonchev–Trinajstić information content (AvgIpc) is 3.17. The third-order valence-electron chi connectivity index (χ3n) is 4.57. The SMILES string of the molecule is CS(=O)(=O)c1ccccc1NC(=O)Cn1cnc2sc3c(c2c1=O)CCC3. The lowest BCUT2D eigenvalue weighted by atomic mass is 10.2. The minimum absolute atomic E-state index is 0.0370. The molecule has 140 valence electrons. The minimum atomic E-state index is -3.48. The molecule has 0 bridgehead atoms. The highest BCUT2D eigenvalue weighted by Gasteiger charge is 2.22. The van der Waals surface area contributed by atoms with E-state index in [2.05, 4.69) is 10.3 Å². The predicted octanol–water partition coefficient (Wildman–Crippen LogP) is 1.99. The maximum Gasteiger partial charge on any atom is 0.262 e. The van der Waals surface area contributed by atoms with E-state index in [9.17, 15) is 18.0 Å². The summed E-state index contributed by atoms with van der Waals surface area (Å²) in [4.78, 5) is 31.5. The fraction of sp³-hybridized carbons (Fsp3) is 0.278. The topological polar surface area (TPSA) is 98.1 Å². The number of anilines is 1. The molecule has 2 heterocycles. The van der Waals surface area contributed by atoms with Gasteiger partial charge in [0.2, 0.25) is 5.91 Å². The molecular weight excluding hydrogens is 386 g/mol. The Balaban J connectivity index is 1.63. The maximum atomic E-state index is 12.8. The van der Waals surface area contributed by atoms with Crippen molar-refractivity contribution < 1.29 is 13.2 Å². The number of sulfone groups is 1. The van der Waals surface area contributed by atoms with Crippen molar-refractivity contribution >= 4 is 43.0 Å². The van der Waals surface area contributed by atoms with Gasteiger partial charge in [-0.05, 0) is 37.0 Å². The van der Waals surface area contributed by atoms with E-state index in [4.69, 9.17) is 0 Å². The van der Waals surface area contributed by atoms with Gasteiger partial charge >= 0.3 is 0 Å². The lowest BCUT2D eigenvalue weighted by Gasteiger charge is -2.10. The molecule has 9 heteroatoms. The molecule has 27 heavy (non-hydrogen) atoms. The molecule has 3 aromatic rings. The molecule has 0 saturated carbocycles. The lowest BCUT2D eigenvalue weighted by Crippen LogP contribution is -2.28. The lowest BCUT2D eigenvalue weighted by molar-refractivity contribution is -0.116. The van der Waals surface area contributed by atoms with Crippen molar-refractivity contribution in [2.24, 2.45) is 0 Å². The average molecular weight is 403 g/mol. The molecule has 0 aliphatic heterocycles. The second-order valence-corrected chi connectivity index (χ2v) is 9.60. The van der Waals surface area contributed by atoms with Crippen LogP contribution in [0.3, 0.4) is 0 Å². The first-order valence-corrected chi connectivity index (χ1v) is 11.1. The molecule has 1 N–H and O–H groups in total. The first kappa shape index (κ1) is 17.9. The number of nitrogens with one attached hydrogen (secondary N) is 1. The van der Waals surface area contributed by atoms with Crippen LogP contribution in [-0.2, 0) is 34.0 Å². The van der Waals surface area contributed by atoms with Crippen LogP contribution < -0.4 is 10.9 Å². The fourth-order valence-corrected chi connectivity index (χ4v) is 5.43. The number of para-hydroxylation sites is 1. The first-order valence-electron chi connectivity index (χ1n) is 8.43. The van der Waals surface area contributed by atoms with E-state index in [0.717, 1.165) is 31.1 Å². The molecule has 0 spiro atoms. The number of thiophene rings is 1. The minimum Gasteiger partial charge on any atom is -0.323 e. The van der Waals surface area contributed by atoms with Crippen LogP contribution in [0.25, 0.3) is 10.2 Å². The van der Waals surface area contributed by atoms with Crippen molar-refractivity contribution in [2.75, 3.05) is 11.6 Å². The molecule has 1 aliphatic rings. The van der Waals surface area contributed by atoms with Gasteiger partial charge in [-0.15, -0.1) is 11.3 Å². The number of nitrogens with zero attached hydrogens (tertiary/aromatic N) is 2. The van der Waals surface area contributed by atoms with Gasteiger partial charge in [0.15, 0.2) is 9.84 Å². The Bertz CT molecular complexity index is 1230. The van der Waals surface area contributed by atoms with E-state index in [0.29, 0.717) is 10.2 Å². The number of carbonyl (C=O) groups excluding carboxylic acids is 1. The maximum absolute atomic E-state index is 12.8. The number of fused-ring (bicyclic) bond motifs is 3. The highest BCUT2D eigenvalue weighted by Crippen LogP contribution is 2.34. The molecule has 0 saturated heterocycles. The number of aromatic nitrogens is 2. The highest BCUT2D eigenvalue weighted by atomic mass is 32.2. The summed E-state index contributed by atoms with van der Waals surface area (Å²) < 4.78 is 25.0. The van der Waals surface area contributed by atoms with Crippen molar-refractivity contribution in [1.29, 1.82) is 0 Å². The van der Waals surface area contributed by atoms with Crippen LogP contribution in [0.4, 0.5) is 5.69 Å². The fourth-order valence-electron chi connectivity index (χ4n) is 3.37. The third kappa shape index (κ3) is 3.28. The van der Waals surface area contributed by atoms with Crippen LogP contribution in [0.2, 0.25) is 0 Å². The molecule has 1 aromatic carbocycles. The van der Waals surface area contributed by atoms with Crippen LogP contribution in [0.1, 0.15) is 16.9 Å². The Morgan fingerprint density at radius 2 is 2.07 bits per heavy atom. The molecule has 1 amide bonds. The van der Waals surface area contributed by atoms with E-state index in [1.54, 1.807) is 23.5 Å². The van der Waals surface area contributed by atoms with Gasteiger partial charge in [0, 0.05) is 11.1 Å². The smallest absolute Gasteiger partial charge is 0.262 e. The zero-order chi connectivity index (χ0) is 19.2. The normalized spacial score (nSPS) is 13.7. The molecule has 0 radical (unpaired) electrons. The van der Waals surface area contributed by atoms with Gasteiger partial charge in [-0.1, -0.05) is 12.1 Å². The van der Waals surface area contributed by atoms with Crippen molar-refractivity contribution in [3.8, 4) is 0 Å². The summed E-state index contributed by atoms with van der Waals surface area (Å²) in [6, 6.07) is 6.17. The van der Waals surface area contributed by atoms with E-state index in [1.807, 2.05) is 0 Å². The van der Waals surface area contributed by atoms with Crippen molar-refractivity contribution in [3.63, 3.8) is 0 Å². The van der Waals surface area contributed by atoms with Gasteiger partial charge in [0.05, 0.1) is 22.3 Å². The Kier molecular flexibility index (Phi) is 4.35. The monoisotopic (exact) mass is 403 g/mol. The summed E-state index contributed by atoms with van der Waals surface area (Å²) in [5.41, 5.74) is 1.03. The molecule has 7 nitrogen and oxygen atoms in total. The van der Waals surface area contributed by atoms with Gasteiger partial charge in [0.1, 0.15) is 11.4 Å². The Morgan fingerprint density at radius 3 is 2.85 bits per heavy atom. The van der Waals surface area contributed by atoms with Gasteiger partial charge in [0.25, 0.3) is 5.56 Å². The van der Waals surface area contributed by atoms with Gasteiger partial charge in [-0.3, -0.25) is 14.2 Å². The van der Waals surface area contributed by atoms with Crippen molar-refractivity contribution in [2.45, 2.75) is 30.7 Å². The number of hydrogen-bond acceptors (Lipinski definition) is 6. The summed E-state index contributed by atoms with van der Waals surface area (Å²) in [6.07, 6.45) is 5.33. The largest absolute Gasteiger partial charge is 0.323 e. The third-order valence-corrected chi connectivity index (χ3v) is 6.92. The number of amides is 1. The summed E-state index contributed by atoms with van der Waals surface area (Å²) >= 11 is 1.54. The second-order valence-electron chi connectivity index (χ2n) is 6.53. The number of hydrogen-bond donors (Lipinski definition) is 1. The molecule has 0 fully saturated rings. The molecule has 4 rings (SSSR count). The van der Waals surface area contributed by atoms with Gasteiger partial charge in [-0.25, -0.2) is 13.4 Å². The van der Waals surface area contributed by atoms with Gasteiger partial charge in [-0.2, -0.15) is 0 Å².